The van der Waals surface area contributed by atoms with E-state index in [2.05, 4.69) is 10.6 Å². The summed E-state index contributed by atoms with van der Waals surface area (Å²) in [5.74, 6) is -1.14. The Balaban J connectivity index is 1.28. The van der Waals surface area contributed by atoms with Gasteiger partial charge in [-0.15, -0.1) is 0 Å². The van der Waals surface area contributed by atoms with E-state index in [1.54, 1.807) is 12.1 Å². The molecular weight excluding hydrogens is 494 g/mol. The van der Waals surface area contributed by atoms with E-state index in [9.17, 15) is 14.4 Å². The van der Waals surface area contributed by atoms with Gasteiger partial charge in [0.25, 0.3) is 0 Å². The number of anilines is 1. The third-order valence-corrected chi connectivity index (χ3v) is 9.47. The molecule has 5 atom stereocenters. The van der Waals surface area contributed by atoms with E-state index < -0.39 is 29.6 Å². The molecule has 210 valence electrons. The maximum absolute atomic E-state index is 14.3. The highest BCUT2D eigenvalue weighted by molar-refractivity contribution is 6.03. The smallest absolute Gasteiger partial charge is 0.246 e. The van der Waals surface area contributed by atoms with E-state index in [1.807, 2.05) is 36.1 Å². The standard InChI is InChI=1S/C31H41N3O5/c1-2-38-23-16-14-21(15-17-23)32-28(35)25-24-18-19-31(39-24)26(25)30(37)34(22-12-8-3-4-9-13-22)27(31)29(36)33-20-10-6-5-7-11-20/h14-20,22,24-27H,2-13H2,1H3,(H,32,35)(H,33,36)/t24-,25?,26-,27?,31?/m0/s1. The predicted molar refractivity (Wildman–Crippen MR) is 147 cm³/mol. The maximum atomic E-state index is 14.3. The molecule has 8 nitrogen and oxygen atoms in total. The fourth-order valence-electron chi connectivity index (χ4n) is 7.69. The largest absolute Gasteiger partial charge is 0.494 e. The number of rotatable bonds is 7. The van der Waals surface area contributed by atoms with Crippen molar-refractivity contribution in [1.29, 1.82) is 0 Å². The van der Waals surface area contributed by atoms with Crippen LogP contribution in [0.2, 0.25) is 0 Å². The van der Waals surface area contributed by atoms with Gasteiger partial charge in [-0.05, 0) is 56.9 Å². The molecule has 39 heavy (non-hydrogen) atoms. The van der Waals surface area contributed by atoms with Crippen LogP contribution in [-0.2, 0) is 19.1 Å². The average Bonchev–Trinajstić information content (AvgIpc) is 3.49. The third kappa shape index (κ3) is 4.75. The van der Waals surface area contributed by atoms with Gasteiger partial charge in [-0.1, -0.05) is 57.1 Å². The lowest BCUT2D eigenvalue weighted by Crippen LogP contribution is -2.58. The molecule has 0 radical (unpaired) electrons. The van der Waals surface area contributed by atoms with Crippen LogP contribution < -0.4 is 15.4 Å². The van der Waals surface area contributed by atoms with E-state index in [1.165, 1.54) is 6.42 Å². The minimum absolute atomic E-state index is 0.00653. The molecule has 1 aromatic rings. The van der Waals surface area contributed by atoms with E-state index in [0.717, 1.165) is 70.0 Å². The van der Waals surface area contributed by atoms with E-state index in [-0.39, 0.29) is 29.8 Å². The molecule has 2 bridgehead atoms. The average molecular weight is 536 g/mol. The van der Waals surface area contributed by atoms with Gasteiger partial charge < -0.3 is 25.0 Å². The predicted octanol–water partition coefficient (Wildman–Crippen LogP) is 4.35. The Bertz CT molecular complexity index is 1110. The molecule has 1 spiro atoms. The van der Waals surface area contributed by atoms with Crippen molar-refractivity contribution < 1.29 is 23.9 Å². The zero-order valence-electron chi connectivity index (χ0n) is 22.9. The second-order valence-corrected chi connectivity index (χ2v) is 11.9. The second kappa shape index (κ2) is 11.0. The van der Waals surface area contributed by atoms with Crippen LogP contribution >= 0.6 is 0 Å². The zero-order valence-corrected chi connectivity index (χ0v) is 22.9. The lowest BCUT2D eigenvalue weighted by molar-refractivity contribution is -0.144. The molecule has 3 aliphatic heterocycles. The highest BCUT2D eigenvalue weighted by atomic mass is 16.5. The number of likely N-dealkylation sites (tertiary alicyclic amines) is 1. The number of amides is 3. The fourth-order valence-corrected chi connectivity index (χ4v) is 7.69. The van der Waals surface area contributed by atoms with Crippen molar-refractivity contribution >= 4 is 23.4 Å². The first-order chi connectivity index (χ1) is 19.0. The summed E-state index contributed by atoms with van der Waals surface area (Å²) in [4.78, 5) is 43.9. The van der Waals surface area contributed by atoms with Crippen LogP contribution in [0.15, 0.2) is 36.4 Å². The molecule has 2 aliphatic carbocycles. The van der Waals surface area contributed by atoms with Gasteiger partial charge in [-0.25, -0.2) is 0 Å². The first kappa shape index (κ1) is 26.4. The van der Waals surface area contributed by atoms with Gasteiger partial charge in [0, 0.05) is 17.8 Å². The number of nitrogens with zero attached hydrogens (tertiary/aromatic N) is 1. The highest BCUT2D eigenvalue weighted by Crippen LogP contribution is 2.56. The monoisotopic (exact) mass is 535 g/mol. The lowest BCUT2D eigenvalue weighted by atomic mass is 9.74. The molecule has 0 aromatic heterocycles. The lowest BCUT2D eigenvalue weighted by Gasteiger charge is -2.37. The first-order valence-corrected chi connectivity index (χ1v) is 15.1. The third-order valence-electron chi connectivity index (χ3n) is 9.47. The molecule has 2 N–H and O–H groups in total. The number of carbonyl (C=O) groups excluding carboxylic acids is 3. The summed E-state index contributed by atoms with van der Waals surface area (Å²) >= 11 is 0. The Morgan fingerprint density at radius 3 is 2.33 bits per heavy atom. The van der Waals surface area contributed by atoms with Crippen LogP contribution in [0.5, 0.6) is 5.75 Å². The summed E-state index contributed by atoms with van der Waals surface area (Å²) in [6.07, 6.45) is 14.8. The first-order valence-electron chi connectivity index (χ1n) is 15.1. The van der Waals surface area contributed by atoms with Crippen molar-refractivity contribution in [3.05, 3.63) is 36.4 Å². The topological polar surface area (TPSA) is 97.0 Å². The SMILES string of the molecule is CCOc1ccc(NC(=O)C2[C@@H]3C=CC4(O3)C(C(=O)NC3CCCCC3)N(C3CCCCCC3)C(=O)[C@H]24)cc1. The van der Waals surface area contributed by atoms with Crippen LogP contribution in [0.4, 0.5) is 5.69 Å². The van der Waals surface area contributed by atoms with Crippen molar-refractivity contribution in [2.75, 3.05) is 11.9 Å². The Labute approximate surface area is 230 Å². The van der Waals surface area contributed by atoms with Crippen molar-refractivity contribution in [2.24, 2.45) is 11.8 Å². The Hall–Kier alpha value is -2.87. The Morgan fingerprint density at radius 1 is 0.974 bits per heavy atom. The van der Waals surface area contributed by atoms with Gasteiger partial charge in [0.1, 0.15) is 17.4 Å². The molecule has 3 heterocycles. The normalized spacial score (nSPS) is 32.6. The fraction of sp³-hybridized carbons (Fsp3) is 0.645. The minimum atomic E-state index is -1.10. The number of fused-ring (bicyclic) bond motifs is 1. The van der Waals surface area contributed by atoms with Gasteiger partial charge in [0.05, 0.1) is 24.5 Å². The van der Waals surface area contributed by atoms with Crippen molar-refractivity contribution in [3.8, 4) is 5.75 Å². The van der Waals surface area contributed by atoms with Crippen LogP contribution in [-0.4, -0.2) is 59.1 Å². The number of ether oxygens (including phenoxy) is 2. The molecule has 6 rings (SSSR count). The molecular formula is C31H41N3O5. The van der Waals surface area contributed by atoms with Gasteiger partial charge in [-0.3, -0.25) is 14.4 Å². The van der Waals surface area contributed by atoms with E-state index in [4.69, 9.17) is 9.47 Å². The van der Waals surface area contributed by atoms with Crippen molar-refractivity contribution in [3.63, 3.8) is 0 Å². The van der Waals surface area contributed by atoms with E-state index in [0.29, 0.717) is 12.3 Å². The van der Waals surface area contributed by atoms with Crippen molar-refractivity contribution in [2.45, 2.75) is 107 Å². The molecule has 2 saturated heterocycles. The summed E-state index contributed by atoms with van der Waals surface area (Å²) in [7, 11) is 0. The van der Waals surface area contributed by atoms with Gasteiger partial charge in [0.15, 0.2) is 0 Å². The second-order valence-electron chi connectivity index (χ2n) is 11.9. The highest BCUT2D eigenvalue weighted by Gasteiger charge is 2.73. The number of carbonyl (C=O) groups is 3. The maximum Gasteiger partial charge on any atom is 0.246 e. The summed E-state index contributed by atoms with van der Waals surface area (Å²) < 4.78 is 12.0. The van der Waals surface area contributed by atoms with Gasteiger partial charge >= 0.3 is 0 Å². The van der Waals surface area contributed by atoms with Crippen molar-refractivity contribution in [1.82, 2.24) is 10.2 Å². The number of hydrogen-bond donors (Lipinski definition) is 2. The molecule has 5 aliphatic rings. The van der Waals surface area contributed by atoms with Crippen LogP contribution in [0.25, 0.3) is 0 Å². The van der Waals surface area contributed by atoms with Crippen LogP contribution in [0.3, 0.4) is 0 Å². The summed E-state index contributed by atoms with van der Waals surface area (Å²) in [6, 6.07) is 6.62. The molecule has 1 aromatic carbocycles. The molecule has 2 saturated carbocycles. The summed E-state index contributed by atoms with van der Waals surface area (Å²) in [6.45, 7) is 2.49. The molecule has 4 fully saturated rings. The van der Waals surface area contributed by atoms with Gasteiger partial charge in [-0.2, -0.15) is 0 Å². The quantitative estimate of drug-likeness (QED) is 0.400. The Kier molecular flexibility index (Phi) is 7.40. The van der Waals surface area contributed by atoms with Crippen LogP contribution in [0, 0.1) is 11.8 Å². The number of benzene rings is 1. The summed E-state index contributed by atoms with van der Waals surface area (Å²) in [5, 5.41) is 6.30. The number of hydrogen-bond acceptors (Lipinski definition) is 5. The molecule has 8 heteroatoms. The summed E-state index contributed by atoms with van der Waals surface area (Å²) in [5.41, 5.74) is -0.463. The molecule has 3 amide bonds. The van der Waals surface area contributed by atoms with Gasteiger partial charge in [0.2, 0.25) is 17.7 Å². The Morgan fingerprint density at radius 2 is 1.64 bits per heavy atom. The minimum Gasteiger partial charge on any atom is -0.494 e. The number of nitrogens with one attached hydrogen (secondary N) is 2. The van der Waals surface area contributed by atoms with Crippen LogP contribution in [0.1, 0.15) is 77.6 Å². The zero-order chi connectivity index (χ0) is 27.0. The molecule has 3 unspecified atom stereocenters. The van der Waals surface area contributed by atoms with E-state index >= 15 is 0 Å².